The number of anilines is 6. The van der Waals surface area contributed by atoms with Crippen LogP contribution in [-0.4, -0.2) is 102 Å². The quantitative estimate of drug-likeness (QED) is 0.0516. The Morgan fingerprint density at radius 1 is 0.446 bits per heavy atom. The van der Waals surface area contributed by atoms with Gasteiger partial charge >= 0.3 is 0 Å². The summed E-state index contributed by atoms with van der Waals surface area (Å²) in [6.07, 6.45) is 16.2. The van der Waals surface area contributed by atoms with Gasteiger partial charge < -0.3 is 48.1 Å². The molecule has 3 amide bonds. The molecule has 0 unspecified atom stereocenters. The van der Waals surface area contributed by atoms with Crippen molar-refractivity contribution in [1.29, 1.82) is 0 Å². The van der Waals surface area contributed by atoms with E-state index < -0.39 is 5.60 Å². The van der Waals surface area contributed by atoms with Crippen molar-refractivity contribution in [3.05, 3.63) is 196 Å². The second-order valence-corrected chi connectivity index (χ2v) is 24.6. The lowest BCUT2D eigenvalue weighted by Crippen LogP contribution is -2.41. The molecule has 0 atom stereocenters. The molecule has 0 bridgehead atoms. The summed E-state index contributed by atoms with van der Waals surface area (Å²) in [6.45, 7) is 20.3. The van der Waals surface area contributed by atoms with Crippen LogP contribution in [0.15, 0.2) is 162 Å². The van der Waals surface area contributed by atoms with Crippen LogP contribution in [0, 0.1) is 11.3 Å². The molecule has 4 aliphatic rings. The number of hydrogen-bond donors (Lipinski definition) is 7. The molecule has 4 fully saturated rings. The first-order chi connectivity index (χ1) is 39.8. The van der Waals surface area contributed by atoms with Gasteiger partial charge in [0, 0.05) is 75.6 Å². The fourth-order valence-electron chi connectivity index (χ4n) is 10.7. The topological polar surface area (TPSA) is 195 Å². The zero-order chi connectivity index (χ0) is 58.9. The SMILES string of the molecule is CC(C)(C)CN1CCC(=Cc2ccc(C(=O)Nc3ccccc3N)cc2)CC1.CC(C)(O)CN1CCC(=Cc2ccc(C(=O)Nc3ccccc3N)cc2)CC1.Nc1ccccc1NC(=O)c1ccc(C=C2CCN(CC3CC3)CC2)cc1. The summed E-state index contributed by atoms with van der Waals surface area (Å²) in [5, 5.41) is 18.5. The minimum atomic E-state index is -0.651. The van der Waals surface area contributed by atoms with Gasteiger partial charge in [0.1, 0.15) is 0 Å². The second kappa shape index (κ2) is 28.9. The van der Waals surface area contributed by atoms with Gasteiger partial charge in [-0.1, -0.05) is 129 Å². The van der Waals surface area contributed by atoms with Gasteiger partial charge in [-0.05, 0) is 166 Å². The standard InChI is InChI=1S/C24H31N3O.C23H29N3O2.C23H27N3O/c1-24(2,3)17-27-14-12-19(13-15-27)16-18-8-10-20(11-9-18)23(28)26-22-7-5-4-6-21(22)25;1-23(2,28)16-26-13-11-18(12-14-26)15-17-7-9-19(10-8-17)22(27)25-21-6-4-3-5-20(21)24;24-21-3-1-2-4-22(21)25-23(27)20-9-7-17(8-10-20)15-18-11-13-26(14-12-18)16-19-5-6-19/h4-11,16H,12-15,17,25H2,1-3H3,(H,26,28);3-10,15,28H,11-14,16,24H2,1-2H3,(H,25,27);1-4,7-10,15,19H,5-6,11-14,16,24H2,(H,25,27). The molecule has 83 heavy (non-hydrogen) atoms. The van der Waals surface area contributed by atoms with Gasteiger partial charge in [0.15, 0.2) is 0 Å². The molecule has 6 aromatic rings. The maximum Gasteiger partial charge on any atom is 0.255 e. The Labute approximate surface area is 492 Å². The molecule has 3 aliphatic heterocycles. The number of nitrogens with zero attached hydrogens (tertiary/aromatic N) is 3. The average Bonchev–Trinajstić information content (AvgIpc) is 4.36. The summed E-state index contributed by atoms with van der Waals surface area (Å²) in [7, 11) is 0. The summed E-state index contributed by atoms with van der Waals surface area (Å²) in [5.41, 5.74) is 30.6. The molecule has 10 rings (SSSR count). The lowest BCUT2D eigenvalue weighted by Gasteiger charge is -2.33. The molecule has 3 heterocycles. The Morgan fingerprint density at radius 2 is 0.735 bits per heavy atom. The predicted molar refractivity (Wildman–Crippen MR) is 345 cm³/mol. The van der Waals surface area contributed by atoms with Gasteiger partial charge in [0.05, 0.1) is 39.7 Å². The van der Waals surface area contributed by atoms with E-state index in [2.05, 4.69) is 69.6 Å². The number of benzene rings is 6. The van der Waals surface area contributed by atoms with Crippen molar-refractivity contribution in [2.75, 3.05) is 92.1 Å². The lowest BCUT2D eigenvalue weighted by atomic mass is 9.93. The maximum absolute atomic E-state index is 12.4. The van der Waals surface area contributed by atoms with E-state index in [-0.39, 0.29) is 17.7 Å². The van der Waals surface area contributed by atoms with Gasteiger partial charge in [0.25, 0.3) is 17.7 Å². The fraction of sp³-hybridized carbons (Fsp3) is 0.357. The Morgan fingerprint density at radius 3 is 1.01 bits per heavy atom. The van der Waals surface area contributed by atoms with Crippen LogP contribution < -0.4 is 33.2 Å². The van der Waals surface area contributed by atoms with E-state index in [9.17, 15) is 19.5 Å². The number of nitrogens with one attached hydrogen (secondary N) is 3. The highest BCUT2D eigenvalue weighted by atomic mass is 16.3. The van der Waals surface area contributed by atoms with Crippen molar-refractivity contribution in [2.45, 2.75) is 91.6 Å². The van der Waals surface area contributed by atoms with Crippen LogP contribution >= 0.6 is 0 Å². The molecule has 6 aromatic carbocycles. The number of likely N-dealkylation sites (tertiary alicyclic amines) is 3. The highest BCUT2D eigenvalue weighted by Gasteiger charge is 2.26. The van der Waals surface area contributed by atoms with E-state index in [0.29, 0.717) is 62.8 Å². The van der Waals surface area contributed by atoms with E-state index in [4.69, 9.17) is 17.2 Å². The number of β-amino-alcohol motifs (C(OH)–C–C–N with tert-alkyl or cyclic N) is 1. The minimum absolute atomic E-state index is 0.138. The van der Waals surface area contributed by atoms with E-state index in [1.807, 2.05) is 129 Å². The number of para-hydroxylation sites is 6. The predicted octanol–water partition coefficient (Wildman–Crippen LogP) is 13.2. The van der Waals surface area contributed by atoms with Crippen LogP contribution in [0.25, 0.3) is 18.2 Å². The average molecular weight is 1120 g/mol. The van der Waals surface area contributed by atoms with Crippen LogP contribution in [-0.2, 0) is 0 Å². The van der Waals surface area contributed by atoms with Crippen LogP contribution in [0.4, 0.5) is 34.1 Å². The highest BCUT2D eigenvalue weighted by molar-refractivity contribution is 6.07. The van der Waals surface area contributed by atoms with Crippen molar-refractivity contribution in [3.63, 3.8) is 0 Å². The van der Waals surface area contributed by atoms with Gasteiger partial charge in [-0.25, -0.2) is 0 Å². The zero-order valence-electron chi connectivity index (χ0n) is 49.4. The number of carbonyl (C=O) groups is 3. The van der Waals surface area contributed by atoms with Crippen LogP contribution in [0.5, 0.6) is 0 Å². The minimum Gasteiger partial charge on any atom is -0.397 e. The number of hydrogen-bond acceptors (Lipinski definition) is 10. The van der Waals surface area contributed by atoms with E-state index in [1.54, 1.807) is 30.3 Å². The molecule has 13 heteroatoms. The smallest absolute Gasteiger partial charge is 0.255 e. The monoisotopic (exact) mass is 1120 g/mol. The van der Waals surface area contributed by atoms with Crippen LogP contribution in [0.3, 0.4) is 0 Å². The summed E-state index contributed by atoms with van der Waals surface area (Å²) >= 11 is 0. The molecule has 13 nitrogen and oxygen atoms in total. The Bertz CT molecular complexity index is 3050. The van der Waals surface area contributed by atoms with E-state index in [0.717, 1.165) is 93.9 Å². The third-order valence-corrected chi connectivity index (χ3v) is 15.3. The highest BCUT2D eigenvalue weighted by Crippen LogP contribution is 2.32. The van der Waals surface area contributed by atoms with Crippen molar-refractivity contribution in [3.8, 4) is 0 Å². The first kappa shape index (κ1) is 61.3. The summed E-state index contributed by atoms with van der Waals surface area (Å²) in [5.74, 6) is 0.519. The molecular weight excluding hydrogens is 1030 g/mol. The van der Waals surface area contributed by atoms with Gasteiger partial charge in [-0.2, -0.15) is 0 Å². The summed E-state index contributed by atoms with van der Waals surface area (Å²) < 4.78 is 0. The Balaban J connectivity index is 0.000000163. The maximum atomic E-state index is 12.4. The summed E-state index contributed by atoms with van der Waals surface area (Å²) in [6, 6.07) is 45.0. The third-order valence-electron chi connectivity index (χ3n) is 15.3. The zero-order valence-corrected chi connectivity index (χ0v) is 49.4. The van der Waals surface area contributed by atoms with Gasteiger partial charge in [-0.3, -0.25) is 19.3 Å². The van der Waals surface area contributed by atoms with E-state index >= 15 is 0 Å². The van der Waals surface area contributed by atoms with Gasteiger partial charge in [-0.15, -0.1) is 0 Å². The summed E-state index contributed by atoms with van der Waals surface area (Å²) in [4.78, 5) is 44.7. The number of nitrogen functional groups attached to an aromatic ring is 3. The number of nitrogens with two attached hydrogens (primary N) is 3. The lowest BCUT2D eigenvalue weighted by molar-refractivity contribution is 0.0338. The van der Waals surface area contributed by atoms with Crippen LogP contribution in [0.2, 0.25) is 0 Å². The number of rotatable bonds is 14. The van der Waals surface area contributed by atoms with Crippen molar-refractivity contribution in [1.82, 2.24) is 14.7 Å². The molecule has 3 saturated heterocycles. The molecule has 0 spiro atoms. The van der Waals surface area contributed by atoms with Crippen molar-refractivity contribution < 1.29 is 19.5 Å². The fourth-order valence-corrected chi connectivity index (χ4v) is 10.7. The second-order valence-electron chi connectivity index (χ2n) is 24.6. The number of piperidine rings is 3. The van der Waals surface area contributed by atoms with Crippen molar-refractivity contribution >= 4 is 70.1 Å². The first-order valence-electron chi connectivity index (χ1n) is 29.5. The first-order valence-corrected chi connectivity index (χ1v) is 29.5. The Hall–Kier alpha value is -7.81. The molecule has 1 saturated carbocycles. The normalized spacial score (nSPS) is 16.0. The largest absolute Gasteiger partial charge is 0.397 e. The number of aliphatic hydroxyl groups is 1. The Kier molecular flexibility index (Phi) is 21.4. The molecule has 436 valence electrons. The molecule has 0 aromatic heterocycles. The van der Waals surface area contributed by atoms with Crippen molar-refractivity contribution in [2.24, 2.45) is 11.3 Å². The number of carbonyl (C=O) groups excluding carboxylic acids is 3. The van der Waals surface area contributed by atoms with E-state index in [1.165, 1.54) is 49.2 Å². The van der Waals surface area contributed by atoms with Crippen LogP contribution in [0.1, 0.15) is 134 Å². The molecule has 0 radical (unpaired) electrons. The molecule has 10 N–H and O–H groups in total. The molecular formula is C70H87N9O4. The molecule has 1 aliphatic carbocycles. The third kappa shape index (κ3) is 20.2. The van der Waals surface area contributed by atoms with Gasteiger partial charge in [0.2, 0.25) is 0 Å². The number of amides is 3.